The number of hydrogen-bond acceptors (Lipinski definition) is 3. The van der Waals surface area contributed by atoms with Crippen LogP contribution in [0.25, 0.3) is 11.4 Å². The molecule has 0 saturated carbocycles. The van der Waals surface area contributed by atoms with Crippen LogP contribution in [0.3, 0.4) is 0 Å². The fourth-order valence-corrected chi connectivity index (χ4v) is 1.45. The van der Waals surface area contributed by atoms with Gasteiger partial charge in [-0.1, -0.05) is 28.1 Å². The molecule has 15 heavy (non-hydrogen) atoms. The van der Waals surface area contributed by atoms with Gasteiger partial charge in [-0.2, -0.15) is 0 Å². The summed E-state index contributed by atoms with van der Waals surface area (Å²) in [6.45, 7) is -0.0272. The molecule has 4 heteroatoms. The zero-order valence-corrected chi connectivity index (χ0v) is 9.48. The highest BCUT2D eigenvalue weighted by Crippen LogP contribution is 2.17. The number of halogens is 1. The van der Waals surface area contributed by atoms with Gasteiger partial charge in [0.1, 0.15) is 0 Å². The van der Waals surface area contributed by atoms with Gasteiger partial charge in [-0.15, -0.1) is 0 Å². The predicted octanol–water partition coefficient (Wildman–Crippen LogP) is 2.40. The van der Waals surface area contributed by atoms with E-state index in [-0.39, 0.29) is 6.61 Å². The van der Waals surface area contributed by atoms with E-state index in [2.05, 4.69) is 25.9 Å². The van der Waals surface area contributed by atoms with Crippen molar-refractivity contribution >= 4 is 15.9 Å². The van der Waals surface area contributed by atoms with Gasteiger partial charge in [-0.3, -0.25) is 0 Å². The van der Waals surface area contributed by atoms with Gasteiger partial charge < -0.3 is 5.11 Å². The Morgan fingerprint density at radius 3 is 2.20 bits per heavy atom. The highest BCUT2D eigenvalue weighted by Gasteiger charge is 2.00. The standard InChI is InChI=1S/C11H9BrN2O/c12-10-3-1-9(2-4-10)11-13-5-8(7-15)6-14-11/h1-6,15H,7H2. The van der Waals surface area contributed by atoms with Crippen LogP contribution >= 0.6 is 15.9 Å². The molecule has 2 rings (SSSR count). The third-order valence-corrected chi connectivity index (χ3v) is 2.52. The monoisotopic (exact) mass is 264 g/mol. The SMILES string of the molecule is OCc1cnc(-c2ccc(Br)cc2)nc1. The van der Waals surface area contributed by atoms with Gasteiger partial charge in [0.25, 0.3) is 0 Å². The molecule has 0 aliphatic carbocycles. The number of hydrogen-bond donors (Lipinski definition) is 1. The normalized spacial score (nSPS) is 10.3. The quantitative estimate of drug-likeness (QED) is 0.906. The van der Waals surface area contributed by atoms with Gasteiger partial charge in [0.2, 0.25) is 0 Å². The molecule has 3 nitrogen and oxygen atoms in total. The van der Waals surface area contributed by atoms with Gasteiger partial charge in [-0.25, -0.2) is 9.97 Å². The van der Waals surface area contributed by atoms with Crippen LogP contribution in [0.15, 0.2) is 41.1 Å². The fraction of sp³-hybridized carbons (Fsp3) is 0.0909. The molecule has 0 fully saturated rings. The van der Waals surface area contributed by atoms with Crippen LogP contribution in [0.2, 0.25) is 0 Å². The van der Waals surface area contributed by atoms with Crippen LogP contribution < -0.4 is 0 Å². The molecule has 1 aromatic heterocycles. The van der Waals surface area contributed by atoms with Crippen LogP contribution in [0.4, 0.5) is 0 Å². The highest BCUT2D eigenvalue weighted by molar-refractivity contribution is 9.10. The zero-order valence-electron chi connectivity index (χ0n) is 7.89. The molecule has 1 N–H and O–H groups in total. The van der Waals surface area contributed by atoms with E-state index < -0.39 is 0 Å². The molecule has 0 radical (unpaired) electrons. The van der Waals surface area contributed by atoms with Gasteiger partial charge in [0.05, 0.1) is 6.61 Å². The third kappa shape index (κ3) is 2.40. The Kier molecular flexibility index (Phi) is 3.08. The van der Waals surface area contributed by atoms with Crippen LogP contribution in [-0.2, 0) is 6.61 Å². The molecule has 2 aromatic rings. The van der Waals surface area contributed by atoms with E-state index in [1.165, 1.54) is 0 Å². The molecule has 0 bridgehead atoms. The van der Waals surface area contributed by atoms with Crippen molar-refractivity contribution in [3.05, 3.63) is 46.7 Å². The molecule has 1 heterocycles. The van der Waals surface area contributed by atoms with Crippen molar-refractivity contribution in [2.45, 2.75) is 6.61 Å². The molecule has 0 amide bonds. The van der Waals surface area contributed by atoms with Gasteiger partial charge in [-0.05, 0) is 12.1 Å². The Balaban J connectivity index is 2.33. The zero-order chi connectivity index (χ0) is 10.7. The molecule has 0 aliphatic rings. The lowest BCUT2D eigenvalue weighted by Gasteiger charge is -2.00. The second kappa shape index (κ2) is 4.51. The minimum Gasteiger partial charge on any atom is -0.392 e. The largest absolute Gasteiger partial charge is 0.392 e. The Hall–Kier alpha value is -1.26. The molecule has 0 spiro atoms. The molecular weight excluding hydrogens is 256 g/mol. The minimum atomic E-state index is -0.0272. The lowest BCUT2D eigenvalue weighted by molar-refractivity contribution is 0.281. The molecule has 0 saturated heterocycles. The third-order valence-electron chi connectivity index (χ3n) is 1.99. The summed E-state index contributed by atoms with van der Waals surface area (Å²) in [6.07, 6.45) is 3.26. The fourth-order valence-electron chi connectivity index (χ4n) is 1.18. The van der Waals surface area contributed by atoms with E-state index in [1.54, 1.807) is 12.4 Å². The average molecular weight is 265 g/mol. The lowest BCUT2D eigenvalue weighted by atomic mass is 10.2. The van der Waals surface area contributed by atoms with Gasteiger partial charge >= 0.3 is 0 Å². The maximum absolute atomic E-state index is 8.85. The molecular formula is C11H9BrN2O. The topological polar surface area (TPSA) is 46.0 Å². The van der Waals surface area contributed by atoms with E-state index >= 15 is 0 Å². The van der Waals surface area contributed by atoms with Crippen molar-refractivity contribution in [1.29, 1.82) is 0 Å². The average Bonchev–Trinajstić information content (AvgIpc) is 2.30. The van der Waals surface area contributed by atoms with E-state index in [0.717, 1.165) is 15.6 Å². The summed E-state index contributed by atoms with van der Waals surface area (Å²) in [6, 6.07) is 7.77. The maximum atomic E-state index is 8.85. The first-order valence-electron chi connectivity index (χ1n) is 4.47. The molecule has 0 unspecified atom stereocenters. The predicted molar refractivity (Wildman–Crippen MR) is 61.1 cm³/mol. The number of benzene rings is 1. The summed E-state index contributed by atoms with van der Waals surface area (Å²) in [5, 5.41) is 8.85. The Morgan fingerprint density at radius 1 is 1.07 bits per heavy atom. The van der Waals surface area contributed by atoms with Crippen LogP contribution in [0, 0.1) is 0 Å². The number of nitrogens with zero attached hydrogens (tertiary/aromatic N) is 2. The smallest absolute Gasteiger partial charge is 0.159 e. The number of rotatable bonds is 2. The van der Waals surface area contributed by atoms with E-state index in [4.69, 9.17) is 5.11 Å². The van der Waals surface area contributed by atoms with Crippen molar-refractivity contribution in [3.8, 4) is 11.4 Å². The van der Waals surface area contributed by atoms with Crippen molar-refractivity contribution in [1.82, 2.24) is 9.97 Å². The summed E-state index contributed by atoms with van der Waals surface area (Å²) in [4.78, 5) is 8.33. The Morgan fingerprint density at radius 2 is 1.67 bits per heavy atom. The van der Waals surface area contributed by atoms with Crippen molar-refractivity contribution < 1.29 is 5.11 Å². The van der Waals surface area contributed by atoms with Crippen LogP contribution in [0.5, 0.6) is 0 Å². The number of aliphatic hydroxyl groups is 1. The first kappa shape index (κ1) is 10.3. The molecule has 76 valence electrons. The van der Waals surface area contributed by atoms with Crippen molar-refractivity contribution in [2.75, 3.05) is 0 Å². The lowest BCUT2D eigenvalue weighted by Crippen LogP contribution is -1.91. The minimum absolute atomic E-state index is 0.0272. The maximum Gasteiger partial charge on any atom is 0.159 e. The summed E-state index contributed by atoms with van der Waals surface area (Å²) in [7, 11) is 0. The summed E-state index contributed by atoms with van der Waals surface area (Å²) < 4.78 is 1.03. The first-order valence-corrected chi connectivity index (χ1v) is 5.26. The van der Waals surface area contributed by atoms with E-state index in [9.17, 15) is 0 Å². The summed E-state index contributed by atoms with van der Waals surface area (Å²) in [5.41, 5.74) is 1.68. The molecule has 0 aliphatic heterocycles. The summed E-state index contributed by atoms with van der Waals surface area (Å²) in [5.74, 6) is 0.666. The molecule has 0 atom stereocenters. The van der Waals surface area contributed by atoms with Crippen LogP contribution in [-0.4, -0.2) is 15.1 Å². The Labute approximate surface area is 96.0 Å². The Bertz CT molecular complexity index is 439. The summed E-state index contributed by atoms with van der Waals surface area (Å²) >= 11 is 3.37. The second-order valence-corrected chi connectivity index (χ2v) is 4.00. The number of aromatic nitrogens is 2. The second-order valence-electron chi connectivity index (χ2n) is 3.08. The molecule has 1 aromatic carbocycles. The van der Waals surface area contributed by atoms with Crippen LogP contribution in [0.1, 0.15) is 5.56 Å². The van der Waals surface area contributed by atoms with Gasteiger partial charge in [0, 0.05) is 28.0 Å². The van der Waals surface area contributed by atoms with Gasteiger partial charge in [0.15, 0.2) is 5.82 Å². The number of aliphatic hydroxyl groups excluding tert-OH is 1. The highest BCUT2D eigenvalue weighted by atomic mass is 79.9. The first-order chi connectivity index (χ1) is 7.29. The van der Waals surface area contributed by atoms with E-state index in [0.29, 0.717) is 5.82 Å². The van der Waals surface area contributed by atoms with Crippen molar-refractivity contribution in [2.24, 2.45) is 0 Å². The van der Waals surface area contributed by atoms with Crippen molar-refractivity contribution in [3.63, 3.8) is 0 Å². The van der Waals surface area contributed by atoms with E-state index in [1.807, 2.05) is 24.3 Å².